The number of fused-ring (bicyclic) bond motifs is 1. The lowest BCUT2D eigenvalue weighted by molar-refractivity contribution is 0.0993. The maximum absolute atomic E-state index is 13.5. The molecule has 0 aliphatic heterocycles. The first-order chi connectivity index (χ1) is 9.65. The van der Waals surface area contributed by atoms with Gasteiger partial charge in [0.25, 0.3) is 0 Å². The molecule has 20 heavy (non-hydrogen) atoms. The molecule has 0 bridgehead atoms. The summed E-state index contributed by atoms with van der Waals surface area (Å²) in [4.78, 5) is 16.1. The zero-order valence-corrected chi connectivity index (χ0v) is 10.3. The molecule has 0 N–H and O–H groups in total. The van der Waals surface area contributed by atoms with Gasteiger partial charge in [0.2, 0.25) is 0 Å². The van der Waals surface area contributed by atoms with Crippen molar-refractivity contribution in [2.45, 2.75) is 6.42 Å². The number of carbonyl (C=O) groups is 1. The molecular formula is C14H9F2N3O. The van der Waals surface area contributed by atoms with E-state index in [-0.39, 0.29) is 17.8 Å². The third-order valence-corrected chi connectivity index (χ3v) is 2.98. The maximum Gasteiger partial charge on any atom is 0.171 e. The molecule has 0 aliphatic carbocycles. The minimum absolute atomic E-state index is 0.0261. The zero-order chi connectivity index (χ0) is 14.1. The summed E-state index contributed by atoms with van der Waals surface area (Å²) >= 11 is 0. The van der Waals surface area contributed by atoms with Gasteiger partial charge in [0, 0.05) is 18.8 Å². The monoisotopic (exact) mass is 273 g/mol. The van der Waals surface area contributed by atoms with Gasteiger partial charge in [0.15, 0.2) is 5.78 Å². The second kappa shape index (κ2) is 4.80. The summed E-state index contributed by atoms with van der Waals surface area (Å²) in [5, 5.41) is 4.01. The van der Waals surface area contributed by atoms with Gasteiger partial charge in [0.1, 0.15) is 11.6 Å². The fraction of sp³-hybridized carbons (Fsp3) is 0.0714. The number of hydrogen-bond donors (Lipinski definition) is 0. The molecule has 0 amide bonds. The molecule has 0 atom stereocenters. The highest BCUT2D eigenvalue weighted by Crippen LogP contribution is 2.16. The van der Waals surface area contributed by atoms with Gasteiger partial charge >= 0.3 is 0 Å². The van der Waals surface area contributed by atoms with Crippen LogP contribution in [0.3, 0.4) is 0 Å². The lowest BCUT2D eigenvalue weighted by Crippen LogP contribution is -2.05. The largest absolute Gasteiger partial charge is 0.294 e. The molecule has 0 saturated heterocycles. The van der Waals surface area contributed by atoms with E-state index in [2.05, 4.69) is 10.1 Å². The molecule has 0 saturated carbocycles. The molecule has 6 heteroatoms. The summed E-state index contributed by atoms with van der Waals surface area (Å²) in [6, 6.07) is 3.05. The Morgan fingerprint density at radius 3 is 2.95 bits per heavy atom. The normalized spacial score (nSPS) is 10.9. The highest BCUT2D eigenvalue weighted by molar-refractivity contribution is 6.03. The first-order valence-electron chi connectivity index (χ1n) is 5.89. The van der Waals surface area contributed by atoms with Crippen LogP contribution in [-0.4, -0.2) is 20.4 Å². The Hall–Kier alpha value is -2.63. The molecule has 3 aromatic rings. The Labute approximate surface area is 112 Å². The van der Waals surface area contributed by atoms with E-state index in [1.807, 2.05) is 0 Å². The van der Waals surface area contributed by atoms with E-state index >= 15 is 0 Å². The van der Waals surface area contributed by atoms with Crippen molar-refractivity contribution in [3.63, 3.8) is 0 Å². The number of hydrogen-bond acceptors (Lipinski definition) is 3. The van der Waals surface area contributed by atoms with Crippen LogP contribution in [0.5, 0.6) is 0 Å². The second-order valence-electron chi connectivity index (χ2n) is 4.30. The lowest BCUT2D eigenvalue weighted by atomic mass is 10.0. The molecule has 4 nitrogen and oxygen atoms in total. The molecule has 100 valence electrons. The fourth-order valence-corrected chi connectivity index (χ4v) is 2.00. The molecule has 0 aliphatic rings. The van der Waals surface area contributed by atoms with E-state index in [0.717, 1.165) is 18.2 Å². The molecule has 3 rings (SSSR count). The topological polar surface area (TPSA) is 47.3 Å². The number of benzene rings is 1. The SMILES string of the molecule is O=C(Cc1cc(F)ccc1F)c1cnn2ccncc12. The predicted octanol–water partition coefficient (Wildman–Crippen LogP) is 2.43. The van der Waals surface area contributed by atoms with Crippen LogP contribution in [0.4, 0.5) is 8.78 Å². The van der Waals surface area contributed by atoms with E-state index in [4.69, 9.17) is 0 Å². The highest BCUT2D eigenvalue weighted by Gasteiger charge is 2.15. The number of Topliss-reactive ketones (excluding diaryl/α,β-unsaturated/α-hetero) is 1. The second-order valence-corrected chi connectivity index (χ2v) is 4.30. The molecule has 1 aromatic carbocycles. The van der Waals surface area contributed by atoms with Crippen LogP contribution < -0.4 is 0 Å². The van der Waals surface area contributed by atoms with Gasteiger partial charge in [0.05, 0.1) is 23.5 Å². The summed E-state index contributed by atoms with van der Waals surface area (Å²) in [6.07, 6.45) is 5.83. The van der Waals surface area contributed by atoms with Crippen LogP contribution in [0.1, 0.15) is 15.9 Å². The Balaban J connectivity index is 1.95. The van der Waals surface area contributed by atoms with E-state index in [9.17, 15) is 13.6 Å². The number of carbonyl (C=O) groups excluding carboxylic acids is 1. The van der Waals surface area contributed by atoms with Crippen LogP contribution in [-0.2, 0) is 6.42 Å². The first-order valence-corrected chi connectivity index (χ1v) is 5.89. The Bertz CT molecular complexity index is 798. The van der Waals surface area contributed by atoms with Crippen molar-refractivity contribution in [1.82, 2.24) is 14.6 Å². The molecule has 0 spiro atoms. The molecule has 2 aromatic heterocycles. The predicted molar refractivity (Wildman–Crippen MR) is 67.4 cm³/mol. The van der Waals surface area contributed by atoms with Crippen molar-refractivity contribution in [2.75, 3.05) is 0 Å². The minimum atomic E-state index is -0.602. The molecule has 2 heterocycles. The van der Waals surface area contributed by atoms with Crippen LogP contribution in [0.25, 0.3) is 5.52 Å². The van der Waals surface area contributed by atoms with Crippen LogP contribution >= 0.6 is 0 Å². The van der Waals surface area contributed by atoms with Crippen molar-refractivity contribution in [1.29, 1.82) is 0 Å². The number of aromatic nitrogens is 3. The average Bonchev–Trinajstić information content (AvgIpc) is 2.87. The van der Waals surface area contributed by atoms with E-state index < -0.39 is 11.6 Å². The quantitative estimate of drug-likeness (QED) is 0.688. The number of rotatable bonds is 3. The number of halogens is 2. The van der Waals surface area contributed by atoms with E-state index in [1.54, 1.807) is 12.4 Å². The summed E-state index contributed by atoms with van der Waals surface area (Å²) < 4.78 is 28.1. The van der Waals surface area contributed by atoms with Crippen molar-refractivity contribution in [3.8, 4) is 0 Å². The Kier molecular flexibility index (Phi) is 2.98. The first kappa shape index (κ1) is 12.4. The number of ketones is 1. The van der Waals surface area contributed by atoms with Crippen molar-refractivity contribution in [2.24, 2.45) is 0 Å². The average molecular weight is 273 g/mol. The van der Waals surface area contributed by atoms with Gasteiger partial charge in [-0.25, -0.2) is 13.3 Å². The molecule has 0 unspecified atom stereocenters. The van der Waals surface area contributed by atoms with Gasteiger partial charge in [-0.1, -0.05) is 0 Å². The van der Waals surface area contributed by atoms with E-state index in [1.165, 1.54) is 16.9 Å². The summed E-state index contributed by atoms with van der Waals surface area (Å²) in [6.45, 7) is 0. The third-order valence-electron chi connectivity index (χ3n) is 2.98. The van der Waals surface area contributed by atoms with Crippen LogP contribution in [0.2, 0.25) is 0 Å². The summed E-state index contributed by atoms with van der Waals surface area (Å²) in [5.74, 6) is -1.51. The lowest BCUT2D eigenvalue weighted by Gasteiger charge is -2.02. The standard InChI is InChI=1S/C14H9F2N3O/c15-10-1-2-12(16)9(5-10)6-14(20)11-7-18-19-4-3-17-8-13(11)19/h1-5,7-8H,6H2. The highest BCUT2D eigenvalue weighted by atomic mass is 19.1. The fourth-order valence-electron chi connectivity index (χ4n) is 2.00. The summed E-state index contributed by atoms with van der Waals surface area (Å²) in [5.41, 5.74) is 0.898. The maximum atomic E-state index is 13.5. The minimum Gasteiger partial charge on any atom is -0.294 e. The van der Waals surface area contributed by atoms with Crippen molar-refractivity contribution in [3.05, 3.63) is 65.7 Å². The van der Waals surface area contributed by atoms with Gasteiger partial charge in [-0.05, 0) is 23.8 Å². The van der Waals surface area contributed by atoms with Crippen LogP contribution in [0.15, 0.2) is 43.0 Å². The smallest absolute Gasteiger partial charge is 0.171 e. The molecular weight excluding hydrogens is 264 g/mol. The molecule has 0 radical (unpaired) electrons. The third kappa shape index (κ3) is 2.16. The number of nitrogens with zero attached hydrogens (tertiary/aromatic N) is 3. The molecule has 0 fully saturated rings. The van der Waals surface area contributed by atoms with Crippen LogP contribution in [0, 0.1) is 11.6 Å². The Morgan fingerprint density at radius 2 is 2.10 bits per heavy atom. The van der Waals surface area contributed by atoms with Gasteiger partial charge in [-0.2, -0.15) is 5.10 Å². The van der Waals surface area contributed by atoms with Gasteiger partial charge < -0.3 is 0 Å². The van der Waals surface area contributed by atoms with Gasteiger partial charge in [-0.3, -0.25) is 9.78 Å². The Morgan fingerprint density at radius 1 is 1.25 bits per heavy atom. The van der Waals surface area contributed by atoms with Crippen molar-refractivity contribution < 1.29 is 13.6 Å². The zero-order valence-electron chi connectivity index (χ0n) is 10.3. The van der Waals surface area contributed by atoms with E-state index in [0.29, 0.717) is 11.1 Å². The summed E-state index contributed by atoms with van der Waals surface area (Å²) in [7, 11) is 0. The van der Waals surface area contributed by atoms with Gasteiger partial charge in [-0.15, -0.1) is 0 Å². The van der Waals surface area contributed by atoms with Crippen molar-refractivity contribution >= 4 is 11.3 Å².